The molecule has 2 aliphatic rings. The van der Waals surface area contributed by atoms with Gasteiger partial charge in [0, 0.05) is 37.5 Å². The second-order valence-corrected chi connectivity index (χ2v) is 5.86. The van der Waals surface area contributed by atoms with Crippen LogP contribution in [0.2, 0.25) is 0 Å². The van der Waals surface area contributed by atoms with Crippen molar-refractivity contribution in [2.24, 2.45) is 0 Å². The van der Waals surface area contributed by atoms with Crippen molar-refractivity contribution in [1.29, 1.82) is 0 Å². The molecule has 0 aromatic carbocycles. The summed E-state index contributed by atoms with van der Waals surface area (Å²) >= 11 is 0. The molecule has 0 saturated carbocycles. The number of ether oxygens (including phenoxy) is 2. The Balaban J connectivity index is 1.35. The average molecular weight is 279 g/mol. The number of nitrogens with one attached hydrogen (secondary N) is 1. The first-order valence-electron chi connectivity index (χ1n) is 7.83. The number of H-pyrrole nitrogens is 1. The summed E-state index contributed by atoms with van der Waals surface area (Å²) < 4.78 is 11.3. The van der Waals surface area contributed by atoms with Crippen molar-refractivity contribution in [3.63, 3.8) is 0 Å². The van der Waals surface area contributed by atoms with Crippen LogP contribution >= 0.6 is 0 Å². The van der Waals surface area contributed by atoms with Gasteiger partial charge in [-0.2, -0.15) is 5.10 Å². The zero-order valence-electron chi connectivity index (χ0n) is 12.1. The van der Waals surface area contributed by atoms with Crippen molar-refractivity contribution in [2.75, 3.05) is 39.5 Å². The second kappa shape index (κ2) is 7.20. The Morgan fingerprint density at radius 2 is 2.40 bits per heavy atom. The van der Waals surface area contributed by atoms with Crippen molar-refractivity contribution in [3.05, 3.63) is 18.0 Å². The fourth-order valence-electron chi connectivity index (χ4n) is 3.19. The lowest BCUT2D eigenvalue weighted by molar-refractivity contribution is 0.00849. The van der Waals surface area contributed by atoms with Gasteiger partial charge in [0.2, 0.25) is 0 Å². The molecular formula is C15H25N3O2. The molecule has 1 aromatic heterocycles. The Hall–Kier alpha value is -0.910. The lowest BCUT2D eigenvalue weighted by Gasteiger charge is -2.32. The van der Waals surface area contributed by atoms with Gasteiger partial charge in [-0.25, -0.2) is 0 Å². The highest BCUT2D eigenvalue weighted by Gasteiger charge is 2.22. The first kappa shape index (κ1) is 14.0. The number of nitrogens with zero attached hydrogens (tertiary/aromatic N) is 2. The molecule has 1 aromatic rings. The van der Waals surface area contributed by atoms with Gasteiger partial charge in [-0.1, -0.05) is 0 Å². The molecule has 0 spiro atoms. The van der Waals surface area contributed by atoms with Gasteiger partial charge in [0.1, 0.15) is 0 Å². The maximum absolute atomic E-state index is 5.76. The SMILES string of the molecule is c1cc([C@@H]2CCCN(CCOC[C@H]3CCCO3)C2)[nH]n1. The van der Waals surface area contributed by atoms with Crippen molar-refractivity contribution in [1.82, 2.24) is 15.1 Å². The standard InChI is InChI=1S/C15H25N3O2/c1-3-13(15-5-6-16-17-15)11-18(7-1)8-10-19-12-14-4-2-9-20-14/h5-6,13-14H,1-4,7-12H2,(H,16,17)/t13-,14-/m1/s1. The van der Waals surface area contributed by atoms with Gasteiger partial charge in [-0.15, -0.1) is 0 Å². The molecule has 0 unspecified atom stereocenters. The zero-order chi connectivity index (χ0) is 13.6. The minimum atomic E-state index is 0.342. The van der Waals surface area contributed by atoms with Gasteiger partial charge in [0.05, 0.1) is 19.3 Å². The molecule has 5 heteroatoms. The third kappa shape index (κ3) is 3.81. The first-order chi connectivity index (χ1) is 9.92. The van der Waals surface area contributed by atoms with E-state index in [1.165, 1.54) is 31.5 Å². The number of rotatable bonds is 6. The minimum absolute atomic E-state index is 0.342. The fraction of sp³-hybridized carbons (Fsp3) is 0.800. The van der Waals surface area contributed by atoms with Gasteiger partial charge in [0.25, 0.3) is 0 Å². The van der Waals surface area contributed by atoms with E-state index in [4.69, 9.17) is 9.47 Å². The lowest BCUT2D eigenvalue weighted by atomic mass is 9.95. The molecule has 2 aliphatic heterocycles. The van der Waals surface area contributed by atoms with Crippen molar-refractivity contribution < 1.29 is 9.47 Å². The average Bonchev–Trinajstić information content (AvgIpc) is 3.17. The molecule has 3 heterocycles. The molecule has 3 rings (SSSR count). The van der Waals surface area contributed by atoms with Crippen molar-refractivity contribution in [2.45, 2.75) is 37.7 Å². The van der Waals surface area contributed by atoms with E-state index in [9.17, 15) is 0 Å². The van der Waals surface area contributed by atoms with E-state index in [2.05, 4.69) is 21.2 Å². The van der Waals surface area contributed by atoms with Crippen LogP contribution in [0, 0.1) is 0 Å². The number of likely N-dealkylation sites (tertiary alicyclic amines) is 1. The Bertz CT molecular complexity index is 376. The molecule has 2 atom stereocenters. The van der Waals surface area contributed by atoms with Crippen LogP contribution in [-0.4, -0.2) is 60.7 Å². The smallest absolute Gasteiger partial charge is 0.0809 e. The highest BCUT2D eigenvalue weighted by molar-refractivity contribution is 5.07. The van der Waals surface area contributed by atoms with Crippen LogP contribution in [0.15, 0.2) is 12.3 Å². The molecule has 0 aliphatic carbocycles. The van der Waals surface area contributed by atoms with Gasteiger partial charge in [0.15, 0.2) is 0 Å². The summed E-state index contributed by atoms with van der Waals surface area (Å²) in [4.78, 5) is 2.50. The number of aromatic nitrogens is 2. The molecule has 0 radical (unpaired) electrons. The summed E-state index contributed by atoms with van der Waals surface area (Å²) in [5.74, 6) is 0.601. The predicted molar refractivity (Wildman–Crippen MR) is 76.8 cm³/mol. The van der Waals surface area contributed by atoms with Crippen LogP contribution in [0.25, 0.3) is 0 Å². The van der Waals surface area contributed by atoms with E-state index in [1.54, 1.807) is 0 Å². The predicted octanol–water partition coefficient (Wildman–Crippen LogP) is 1.78. The van der Waals surface area contributed by atoms with Gasteiger partial charge >= 0.3 is 0 Å². The second-order valence-electron chi connectivity index (χ2n) is 5.86. The molecule has 0 amide bonds. The molecule has 2 saturated heterocycles. The van der Waals surface area contributed by atoms with Gasteiger partial charge in [-0.3, -0.25) is 5.10 Å². The van der Waals surface area contributed by atoms with Crippen LogP contribution in [-0.2, 0) is 9.47 Å². The highest BCUT2D eigenvalue weighted by Crippen LogP contribution is 2.24. The van der Waals surface area contributed by atoms with E-state index < -0.39 is 0 Å². The van der Waals surface area contributed by atoms with E-state index in [0.717, 1.165) is 39.3 Å². The Kier molecular flexibility index (Phi) is 5.06. The third-order valence-corrected chi connectivity index (χ3v) is 4.35. The number of piperidine rings is 1. The zero-order valence-corrected chi connectivity index (χ0v) is 12.1. The normalized spacial score (nSPS) is 28.0. The summed E-state index contributed by atoms with van der Waals surface area (Å²) in [6, 6.07) is 2.10. The molecule has 5 nitrogen and oxygen atoms in total. The van der Waals surface area contributed by atoms with E-state index in [1.807, 2.05) is 6.20 Å². The third-order valence-electron chi connectivity index (χ3n) is 4.35. The maximum Gasteiger partial charge on any atom is 0.0809 e. The van der Waals surface area contributed by atoms with E-state index in [0.29, 0.717) is 12.0 Å². The van der Waals surface area contributed by atoms with Crippen LogP contribution in [0.3, 0.4) is 0 Å². The summed E-state index contributed by atoms with van der Waals surface area (Å²) in [5.41, 5.74) is 1.27. The summed E-state index contributed by atoms with van der Waals surface area (Å²) in [5, 5.41) is 7.17. The van der Waals surface area contributed by atoms with Crippen molar-refractivity contribution >= 4 is 0 Å². The molecular weight excluding hydrogens is 254 g/mol. The lowest BCUT2D eigenvalue weighted by Crippen LogP contribution is -2.37. The Labute approximate surface area is 120 Å². The summed E-state index contributed by atoms with van der Waals surface area (Å²) in [6.07, 6.45) is 7.05. The quantitative estimate of drug-likeness (QED) is 0.807. The number of hydrogen-bond acceptors (Lipinski definition) is 4. The Morgan fingerprint density at radius 1 is 1.40 bits per heavy atom. The van der Waals surface area contributed by atoms with Crippen LogP contribution in [0.1, 0.15) is 37.3 Å². The summed E-state index contributed by atoms with van der Waals surface area (Å²) in [6.45, 7) is 5.82. The monoisotopic (exact) mass is 279 g/mol. The Morgan fingerprint density at radius 3 is 3.20 bits per heavy atom. The first-order valence-corrected chi connectivity index (χ1v) is 7.83. The fourth-order valence-corrected chi connectivity index (χ4v) is 3.19. The van der Waals surface area contributed by atoms with Crippen LogP contribution in [0.4, 0.5) is 0 Å². The topological polar surface area (TPSA) is 50.4 Å². The van der Waals surface area contributed by atoms with E-state index >= 15 is 0 Å². The number of aromatic amines is 1. The van der Waals surface area contributed by atoms with Gasteiger partial charge < -0.3 is 14.4 Å². The molecule has 112 valence electrons. The van der Waals surface area contributed by atoms with Crippen LogP contribution < -0.4 is 0 Å². The highest BCUT2D eigenvalue weighted by atomic mass is 16.5. The molecule has 20 heavy (non-hydrogen) atoms. The van der Waals surface area contributed by atoms with Crippen molar-refractivity contribution in [3.8, 4) is 0 Å². The van der Waals surface area contributed by atoms with Crippen LogP contribution in [0.5, 0.6) is 0 Å². The van der Waals surface area contributed by atoms with E-state index in [-0.39, 0.29) is 0 Å². The molecule has 2 fully saturated rings. The number of hydrogen-bond donors (Lipinski definition) is 1. The minimum Gasteiger partial charge on any atom is -0.377 e. The maximum atomic E-state index is 5.76. The summed E-state index contributed by atoms with van der Waals surface area (Å²) in [7, 11) is 0. The molecule has 1 N–H and O–H groups in total. The van der Waals surface area contributed by atoms with Gasteiger partial charge in [-0.05, 0) is 38.3 Å². The largest absolute Gasteiger partial charge is 0.377 e. The molecule has 0 bridgehead atoms.